The van der Waals surface area contributed by atoms with E-state index in [-0.39, 0.29) is 129 Å². The second-order valence-corrected chi connectivity index (χ2v) is 20.4. The van der Waals surface area contributed by atoms with Gasteiger partial charge < -0.3 is 62.8 Å². The zero-order valence-electron chi connectivity index (χ0n) is 47.8. The van der Waals surface area contributed by atoms with E-state index in [0.29, 0.717) is 63.5 Å². The SMILES string of the molecule is CCNC(=O)NC(N)=NCCC[C@@H](NC(=O)[C@H](c1cccc(NCCCNC(=O)CCOCCNC(=O)CN2CCN(CC(=O)O)CCN(CC(=O)O)CCN(CC(=O)O)CC2)c1)N1Cc2ccccc2C1)C(=O)NCc1c(F)cc(O)cc1F. The molecule has 1 fully saturated rings. The number of ether oxygens (including phenoxy) is 1. The third kappa shape index (κ3) is 25.0. The van der Waals surface area contributed by atoms with E-state index in [2.05, 4.69) is 42.2 Å². The Morgan fingerprint density at radius 2 is 1.22 bits per heavy atom. The summed E-state index contributed by atoms with van der Waals surface area (Å²) in [5.41, 5.74) is 8.68. The standard InChI is InChI=1S/C56H80F2N14O13/c1-2-60-56(84)67-55(59)64-14-6-12-46(53(82)65-31-43-44(57)29-42(73)30-45(43)58)66-54(83)52(72-32-39-8-3-4-9-40(39)33-72)38-10-5-11-41(28-38)61-15-7-16-62-47(74)13-26-85-27-17-63-48(75)34-68-18-20-69(35-49(76)77)22-24-71(37-51(80)81)25-23-70(21-19-68)36-50(78)79/h3-5,8-11,28-30,46,52,61,73H,2,6-7,12-27,31-37H2,1H3,(H,62,74)(H,63,75)(H,65,82)(H,66,83)(H,76,77)(H,78,79)(H,80,81)(H4,59,60,64,67,84)/t46-,52+/m1/s1. The Morgan fingerprint density at radius 1 is 0.659 bits per heavy atom. The molecule has 13 N–H and O–H groups in total. The number of halogens is 2. The number of aliphatic imine (C=N–C) groups is 1. The molecule has 0 unspecified atom stereocenters. The molecule has 27 nitrogen and oxygen atoms in total. The van der Waals surface area contributed by atoms with Gasteiger partial charge in [0.2, 0.25) is 23.6 Å². The van der Waals surface area contributed by atoms with Crippen LogP contribution in [0, 0.1) is 11.6 Å². The number of hydrogen-bond acceptors (Lipinski definition) is 17. The number of aromatic hydroxyl groups is 1. The summed E-state index contributed by atoms with van der Waals surface area (Å²) < 4.78 is 35.0. The van der Waals surface area contributed by atoms with Crippen LogP contribution >= 0.6 is 0 Å². The Morgan fingerprint density at radius 3 is 1.79 bits per heavy atom. The van der Waals surface area contributed by atoms with Crippen molar-refractivity contribution in [3.05, 3.63) is 94.6 Å². The first-order chi connectivity index (χ1) is 40.8. The number of benzene rings is 3. The Kier molecular flexibility index (Phi) is 28.6. The second kappa shape index (κ2) is 35.9. The van der Waals surface area contributed by atoms with E-state index in [0.717, 1.165) is 23.3 Å². The largest absolute Gasteiger partial charge is 0.508 e. The third-order valence-electron chi connectivity index (χ3n) is 13.8. The number of phenols is 1. The van der Waals surface area contributed by atoms with E-state index >= 15 is 0 Å². The van der Waals surface area contributed by atoms with Gasteiger partial charge in [-0.2, -0.15) is 0 Å². The highest BCUT2D eigenvalue weighted by atomic mass is 19.1. The number of carboxylic acid groups (broad SMARTS) is 3. The van der Waals surface area contributed by atoms with Gasteiger partial charge in [0.1, 0.15) is 29.5 Å². The van der Waals surface area contributed by atoms with Crippen LogP contribution in [-0.4, -0.2) is 229 Å². The number of carboxylic acids is 3. The van der Waals surface area contributed by atoms with Crippen LogP contribution in [-0.2, 0) is 57.9 Å². The van der Waals surface area contributed by atoms with E-state index in [4.69, 9.17) is 10.5 Å². The molecule has 2 aliphatic heterocycles. The number of rotatable bonds is 31. The summed E-state index contributed by atoms with van der Waals surface area (Å²) >= 11 is 0. The van der Waals surface area contributed by atoms with Crippen molar-refractivity contribution < 1.29 is 72.3 Å². The predicted octanol–water partition coefficient (Wildman–Crippen LogP) is -0.141. The lowest BCUT2D eigenvalue weighted by atomic mass is 10.0. The molecule has 0 aromatic heterocycles. The number of fused-ring (bicyclic) bond motifs is 1. The summed E-state index contributed by atoms with van der Waals surface area (Å²) in [6, 6.07) is 13.7. The number of aliphatic carboxylic acids is 3. The number of hydrogen-bond donors (Lipinski definition) is 12. The van der Waals surface area contributed by atoms with Crippen molar-refractivity contribution in [3.63, 3.8) is 0 Å². The Labute approximate surface area is 491 Å². The molecule has 0 radical (unpaired) electrons. The Hall–Kier alpha value is -8.09. The van der Waals surface area contributed by atoms with Crippen molar-refractivity contribution in [2.24, 2.45) is 10.7 Å². The van der Waals surface area contributed by atoms with E-state index in [1.165, 1.54) is 0 Å². The topological polar surface area (TPSA) is 366 Å². The molecule has 0 saturated carbocycles. The average Bonchev–Trinajstić information content (AvgIpc) is 2.88. The van der Waals surface area contributed by atoms with E-state index in [9.17, 15) is 67.6 Å². The van der Waals surface area contributed by atoms with Gasteiger partial charge in [-0.3, -0.25) is 68.4 Å². The maximum absolute atomic E-state index is 14.7. The van der Waals surface area contributed by atoms with Crippen LogP contribution in [0.5, 0.6) is 5.75 Å². The molecule has 0 aliphatic carbocycles. The minimum Gasteiger partial charge on any atom is -0.508 e. The van der Waals surface area contributed by atoms with Crippen molar-refractivity contribution in [2.45, 2.75) is 64.3 Å². The summed E-state index contributed by atoms with van der Waals surface area (Å²) in [7, 11) is 0. The van der Waals surface area contributed by atoms with Crippen molar-refractivity contribution >= 4 is 59.2 Å². The van der Waals surface area contributed by atoms with Gasteiger partial charge in [0.05, 0.1) is 39.4 Å². The van der Waals surface area contributed by atoms with E-state index in [1.807, 2.05) is 41.3 Å². The van der Waals surface area contributed by atoms with Crippen molar-refractivity contribution in [2.75, 3.05) is 130 Å². The first-order valence-electron chi connectivity index (χ1n) is 28.2. The van der Waals surface area contributed by atoms with Gasteiger partial charge in [0.15, 0.2) is 5.96 Å². The quantitative estimate of drug-likeness (QED) is 0.0227. The molecule has 29 heteroatoms. The Bertz CT molecular complexity index is 2680. The van der Waals surface area contributed by atoms with Crippen LogP contribution in [0.4, 0.5) is 19.3 Å². The highest BCUT2D eigenvalue weighted by Gasteiger charge is 2.35. The first-order valence-corrected chi connectivity index (χ1v) is 28.2. The van der Waals surface area contributed by atoms with Crippen molar-refractivity contribution in [1.29, 1.82) is 0 Å². The zero-order valence-corrected chi connectivity index (χ0v) is 47.8. The van der Waals surface area contributed by atoms with Gasteiger partial charge in [0.25, 0.3) is 0 Å². The summed E-state index contributed by atoms with van der Waals surface area (Å²) in [5, 5.41) is 57.3. The molecule has 3 aromatic carbocycles. The monoisotopic (exact) mass is 1190 g/mol. The lowest BCUT2D eigenvalue weighted by Crippen LogP contribution is -2.50. The molecule has 0 spiro atoms. The first kappa shape index (κ1) is 67.7. The maximum atomic E-state index is 14.7. The van der Waals surface area contributed by atoms with Crippen LogP contribution < -0.4 is 43.0 Å². The van der Waals surface area contributed by atoms with Gasteiger partial charge in [-0.1, -0.05) is 36.4 Å². The van der Waals surface area contributed by atoms with E-state index < -0.39 is 77.3 Å². The summed E-state index contributed by atoms with van der Waals surface area (Å²) in [5.74, 6) is -7.95. The smallest absolute Gasteiger partial charge is 0.321 e. The lowest BCUT2D eigenvalue weighted by molar-refractivity contribution is -0.140. The number of anilines is 1. The zero-order chi connectivity index (χ0) is 61.7. The molecule has 5 rings (SSSR count). The third-order valence-corrected chi connectivity index (χ3v) is 13.8. The van der Waals surface area contributed by atoms with E-state index in [1.54, 1.807) is 38.7 Å². The number of nitrogens with one attached hydrogen (secondary N) is 7. The summed E-state index contributed by atoms with van der Waals surface area (Å²) in [4.78, 5) is 114. The fraction of sp³-hybridized carbons (Fsp3) is 0.518. The normalized spacial score (nSPS) is 15.7. The molecule has 6 amide bonds. The lowest BCUT2D eigenvalue weighted by Gasteiger charge is -2.32. The predicted molar refractivity (Wildman–Crippen MR) is 308 cm³/mol. The molecule has 1 saturated heterocycles. The maximum Gasteiger partial charge on any atom is 0.321 e. The summed E-state index contributed by atoms with van der Waals surface area (Å²) in [6.07, 6.45) is 0.794. The van der Waals surface area contributed by atoms with Crippen LogP contribution in [0.3, 0.4) is 0 Å². The van der Waals surface area contributed by atoms with Crippen LogP contribution in [0.25, 0.3) is 0 Å². The highest BCUT2D eigenvalue weighted by molar-refractivity contribution is 5.95. The van der Waals surface area contributed by atoms with Gasteiger partial charge >= 0.3 is 23.9 Å². The number of amides is 6. The minimum atomic E-state index is -1.22. The molecule has 2 aliphatic rings. The molecular weight excluding hydrogens is 1110 g/mol. The molecule has 2 atom stereocenters. The van der Waals surface area contributed by atoms with Crippen LogP contribution in [0.1, 0.15) is 60.9 Å². The number of carbonyl (C=O) groups excluding carboxylic acids is 5. The fourth-order valence-electron chi connectivity index (χ4n) is 9.53. The average molecular weight is 1200 g/mol. The number of urea groups is 1. The van der Waals surface area contributed by atoms with Gasteiger partial charge in [-0.25, -0.2) is 13.6 Å². The number of carbonyl (C=O) groups is 8. The van der Waals surface area contributed by atoms with Gasteiger partial charge in [0, 0.05) is 135 Å². The van der Waals surface area contributed by atoms with Crippen LogP contribution in [0.15, 0.2) is 65.7 Å². The van der Waals surface area contributed by atoms with Gasteiger partial charge in [-0.05, 0) is 55.0 Å². The number of guanidine groups is 1. The molecule has 2 heterocycles. The molecule has 3 aromatic rings. The molecule has 0 bridgehead atoms. The molecule has 466 valence electrons. The number of phenolic OH excluding ortho intramolecular Hbond substituents is 1. The number of nitrogens with zero attached hydrogens (tertiary/aromatic N) is 6. The van der Waals surface area contributed by atoms with Crippen molar-refractivity contribution in [3.8, 4) is 5.75 Å². The van der Waals surface area contributed by atoms with Crippen LogP contribution in [0.2, 0.25) is 0 Å². The van der Waals surface area contributed by atoms with Gasteiger partial charge in [-0.15, -0.1) is 0 Å². The highest BCUT2D eigenvalue weighted by Crippen LogP contribution is 2.33. The molecule has 85 heavy (non-hydrogen) atoms. The minimum absolute atomic E-state index is 0.0122. The second-order valence-electron chi connectivity index (χ2n) is 20.4. The van der Waals surface area contributed by atoms with Crippen molar-refractivity contribution in [1.82, 2.24) is 56.4 Å². The fourth-order valence-corrected chi connectivity index (χ4v) is 9.53. The summed E-state index contributed by atoms with van der Waals surface area (Å²) in [6.45, 7) is 4.73. The molecular formula is C56H80F2N14O13. The Balaban J connectivity index is 1.10. The number of nitrogens with two attached hydrogens (primary N) is 1.